The fraction of sp³-hybridized carbons (Fsp3) is 0. The summed E-state index contributed by atoms with van der Waals surface area (Å²) in [6.07, 6.45) is 0. The lowest BCUT2D eigenvalue weighted by Gasteiger charge is -1.83. The van der Waals surface area contributed by atoms with Crippen molar-refractivity contribution in [2.24, 2.45) is 0 Å². The van der Waals surface area contributed by atoms with Crippen LogP contribution >= 0.6 is 0 Å². The summed E-state index contributed by atoms with van der Waals surface area (Å²) >= 11 is 0. The number of hydrogen-bond donors (Lipinski definition) is 2. The first-order valence-corrected chi connectivity index (χ1v) is 3.72. The van der Waals surface area contributed by atoms with E-state index in [0.29, 0.717) is 0 Å². The zero-order valence-electron chi connectivity index (χ0n) is 9.44. The minimum absolute atomic E-state index is 0.574. The molecule has 0 aliphatic carbocycles. The molecule has 0 aliphatic heterocycles. The van der Waals surface area contributed by atoms with Crippen molar-refractivity contribution in [3.05, 3.63) is 63.2 Å². The zero-order valence-corrected chi connectivity index (χ0v) is 7.44. The van der Waals surface area contributed by atoms with Crippen molar-refractivity contribution in [1.29, 1.82) is 0 Å². The third kappa shape index (κ3) is 1.92. The molecule has 0 aromatic heterocycles. The van der Waals surface area contributed by atoms with Crippen LogP contribution in [0.4, 0.5) is 0 Å². The molecule has 2 N–H and O–H groups in total. The predicted molar refractivity (Wildman–Crippen MR) is 52.3 cm³/mol. The van der Waals surface area contributed by atoms with Gasteiger partial charge in [-0.25, -0.2) is 0 Å². The van der Waals surface area contributed by atoms with Gasteiger partial charge >= 0.3 is 0 Å². The molecule has 2 aromatic rings. The Morgan fingerprint density at radius 2 is 1.12 bits per heavy atom. The monoisotopic (exact) mass is 226 g/mol. The number of hydrogen-bond acceptors (Lipinski definition) is 7. The van der Waals surface area contributed by atoms with Crippen LogP contribution in [0.25, 0.3) is 0 Å². The van der Waals surface area contributed by atoms with Crippen molar-refractivity contribution in [3.8, 4) is 11.5 Å². The van der Waals surface area contributed by atoms with E-state index in [1.165, 1.54) is 0 Å². The van der Waals surface area contributed by atoms with E-state index in [-0.39, 0.29) is 0 Å². The van der Waals surface area contributed by atoms with Gasteiger partial charge in [0.25, 0.3) is 16.3 Å². The molecule has 0 saturated carbocycles. The first-order valence-electron chi connectivity index (χ1n) is 4.72. The molecule has 2 aromatic carbocycles. The van der Waals surface area contributed by atoms with Crippen LogP contribution in [0.3, 0.4) is 0 Å². The molecule has 7 heteroatoms. The van der Waals surface area contributed by atoms with E-state index in [2.05, 4.69) is 0 Å². The highest BCUT2D eigenvalue weighted by Crippen LogP contribution is 1.90. The van der Waals surface area contributed by atoms with Gasteiger partial charge in [-0.3, -0.25) is 24.0 Å². The molecule has 0 radical (unpaired) electrons. The lowest BCUT2D eigenvalue weighted by atomic mass is 10.3. The Morgan fingerprint density at radius 3 is 1.25 bits per heavy atom. The number of aromatic hydroxyl groups is 2. The van der Waals surface area contributed by atoms with E-state index in [4.69, 9.17) is 13.0 Å². The van der Waals surface area contributed by atoms with Crippen molar-refractivity contribution in [2.75, 3.05) is 0 Å². The standard InChI is InChI=1S/C5H2O4.C4H2O3/c6-2-1-3(7)5(9)4(2)8;5-2-1-3(6)4(2)7/h1,6H;1,5H/i2*1D. The summed E-state index contributed by atoms with van der Waals surface area (Å²) in [7, 11) is 0. The van der Waals surface area contributed by atoms with Crippen LogP contribution in [0.1, 0.15) is 2.74 Å². The van der Waals surface area contributed by atoms with Gasteiger partial charge in [0.05, 0.1) is 2.74 Å². The van der Waals surface area contributed by atoms with Crippen molar-refractivity contribution in [2.45, 2.75) is 0 Å². The second kappa shape index (κ2) is 3.89. The minimum atomic E-state index is -1.33. The largest absolute Gasteiger partial charge is 0.504 e. The van der Waals surface area contributed by atoms with Crippen LogP contribution < -0.4 is 27.1 Å². The highest BCUT2D eigenvalue weighted by atomic mass is 16.3. The Morgan fingerprint density at radius 1 is 0.750 bits per heavy atom. The average Bonchev–Trinajstić information content (AvgIpc) is 2.55. The van der Waals surface area contributed by atoms with Crippen LogP contribution in [-0.4, -0.2) is 10.2 Å². The molecule has 0 atom stereocenters. The van der Waals surface area contributed by atoms with Crippen LogP contribution in [-0.2, 0) is 0 Å². The summed E-state index contributed by atoms with van der Waals surface area (Å²) in [6.45, 7) is 0. The Bertz CT molecular complexity index is 753. The van der Waals surface area contributed by atoms with E-state index >= 15 is 0 Å². The lowest BCUT2D eigenvalue weighted by molar-refractivity contribution is 0.463. The molecule has 0 bridgehead atoms. The summed E-state index contributed by atoms with van der Waals surface area (Å²) in [4.78, 5) is 51.0. The van der Waals surface area contributed by atoms with E-state index < -0.39 is 50.7 Å². The molecule has 0 amide bonds. The molecule has 82 valence electrons. The second-order valence-corrected chi connectivity index (χ2v) is 2.59. The summed E-state index contributed by atoms with van der Waals surface area (Å²) in [6, 6.07) is -1.48. The van der Waals surface area contributed by atoms with Gasteiger partial charge in [0.2, 0.25) is 10.9 Å². The van der Waals surface area contributed by atoms with Gasteiger partial charge in [0.1, 0.15) is 0 Å². The molecule has 0 aliphatic rings. The third-order valence-electron chi connectivity index (χ3n) is 1.51. The Balaban J connectivity index is 0.000000184. The molecular formula is C9H4O7. The number of rotatable bonds is 0. The van der Waals surface area contributed by atoms with Crippen LogP contribution in [0.15, 0.2) is 36.1 Å². The molecule has 0 fully saturated rings. The smallest absolute Gasteiger partial charge is 0.276 e. The van der Waals surface area contributed by atoms with Gasteiger partial charge in [-0.15, -0.1) is 0 Å². The molecule has 0 saturated heterocycles. The van der Waals surface area contributed by atoms with Gasteiger partial charge in [0.15, 0.2) is 11.5 Å². The Hall–Kier alpha value is -2.57. The van der Waals surface area contributed by atoms with Crippen molar-refractivity contribution < 1.29 is 13.0 Å². The summed E-state index contributed by atoms with van der Waals surface area (Å²) in [5, 5.41) is 16.8. The predicted octanol–water partition coefficient (Wildman–Crippen LogP) is -2.66. The molecule has 2 rings (SSSR count). The van der Waals surface area contributed by atoms with Crippen LogP contribution in [0.5, 0.6) is 11.5 Å². The first kappa shape index (κ1) is 8.72. The molecule has 0 unspecified atom stereocenters. The summed E-state index contributed by atoms with van der Waals surface area (Å²) in [5.74, 6) is -1.76. The van der Waals surface area contributed by atoms with E-state index in [9.17, 15) is 24.0 Å². The maximum absolute atomic E-state index is 10.4. The van der Waals surface area contributed by atoms with E-state index in [1.807, 2.05) is 0 Å². The van der Waals surface area contributed by atoms with Gasteiger partial charge in [-0.1, -0.05) is 0 Å². The Kier molecular flexibility index (Phi) is 2.12. The molecular weight excluding hydrogens is 220 g/mol. The SMILES string of the molecule is [2H]c1c(O)c(=O)c(=O)c1=O.[2H]c1c(O)c(=O)c1=O. The summed E-state index contributed by atoms with van der Waals surface area (Å²) in [5.41, 5.74) is -5.70. The van der Waals surface area contributed by atoms with Gasteiger partial charge in [0, 0.05) is 12.1 Å². The molecule has 0 spiro atoms. The molecule has 16 heavy (non-hydrogen) atoms. The quantitative estimate of drug-likeness (QED) is 0.469. The second-order valence-electron chi connectivity index (χ2n) is 2.59. The maximum atomic E-state index is 10.4. The molecule has 0 heterocycles. The van der Waals surface area contributed by atoms with Gasteiger partial charge in [-0.05, 0) is 0 Å². The van der Waals surface area contributed by atoms with Crippen molar-refractivity contribution >= 4 is 0 Å². The summed E-state index contributed by atoms with van der Waals surface area (Å²) < 4.78 is 13.2. The highest BCUT2D eigenvalue weighted by Gasteiger charge is 2.06. The average molecular weight is 226 g/mol. The van der Waals surface area contributed by atoms with Crippen molar-refractivity contribution in [3.63, 3.8) is 0 Å². The van der Waals surface area contributed by atoms with Crippen molar-refractivity contribution in [1.82, 2.24) is 0 Å². The lowest BCUT2D eigenvalue weighted by Crippen LogP contribution is -2.28. The highest BCUT2D eigenvalue weighted by molar-refractivity contribution is 5.24. The zero-order chi connectivity index (χ0) is 14.2. The van der Waals surface area contributed by atoms with E-state index in [0.717, 1.165) is 0 Å². The Labute approximate surface area is 88.7 Å². The minimum Gasteiger partial charge on any atom is -0.504 e. The van der Waals surface area contributed by atoms with Gasteiger partial charge < -0.3 is 10.2 Å². The van der Waals surface area contributed by atoms with Crippen LogP contribution in [0.2, 0.25) is 0 Å². The molecule has 7 nitrogen and oxygen atoms in total. The third-order valence-corrected chi connectivity index (χ3v) is 1.51. The van der Waals surface area contributed by atoms with Gasteiger partial charge in [-0.2, -0.15) is 0 Å². The fourth-order valence-corrected chi connectivity index (χ4v) is 0.698. The maximum Gasteiger partial charge on any atom is 0.276 e. The fourth-order valence-electron chi connectivity index (χ4n) is 0.698. The normalized spacial score (nSPS) is 11.5. The van der Waals surface area contributed by atoms with Crippen LogP contribution in [0, 0.1) is 0 Å². The first-order chi connectivity index (χ1) is 8.20. The van der Waals surface area contributed by atoms with E-state index in [1.54, 1.807) is 0 Å². The topological polar surface area (TPSA) is 126 Å².